The van der Waals surface area contributed by atoms with Crippen LogP contribution < -0.4 is 0 Å². The van der Waals surface area contributed by atoms with Gasteiger partial charge in [-0.15, -0.1) is 0 Å². The van der Waals surface area contributed by atoms with Gasteiger partial charge in [-0.2, -0.15) is 0 Å². The fourth-order valence-corrected chi connectivity index (χ4v) is 2.70. The van der Waals surface area contributed by atoms with Crippen LogP contribution in [0.2, 0.25) is 0 Å². The van der Waals surface area contributed by atoms with E-state index in [0.717, 1.165) is 10.9 Å². The monoisotopic (exact) mass is 356 g/mol. The van der Waals surface area contributed by atoms with Crippen LogP contribution >= 0.6 is 0 Å². The summed E-state index contributed by atoms with van der Waals surface area (Å²) in [5.41, 5.74) is 1.35. The molecule has 0 amide bonds. The van der Waals surface area contributed by atoms with Gasteiger partial charge in [0, 0.05) is 5.57 Å². The Hall–Kier alpha value is -3.15. The summed E-state index contributed by atoms with van der Waals surface area (Å²) in [5, 5.41) is 20.1. The van der Waals surface area contributed by atoms with Gasteiger partial charge in [-0.3, -0.25) is 9.59 Å². The smallest absolute Gasteiger partial charge is 0.334 e. The van der Waals surface area contributed by atoms with E-state index in [0.29, 0.717) is 24.5 Å². The second-order valence-corrected chi connectivity index (χ2v) is 5.73. The predicted octanol–water partition coefficient (Wildman–Crippen LogP) is 3.25. The third-order valence-corrected chi connectivity index (χ3v) is 3.92. The van der Waals surface area contributed by atoms with Gasteiger partial charge in [0.1, 0.15) is 5.75 Å². The zero-order valence-electron chi connectivity index (χ0n) is 14.4. The minimum Gasteiger partial charge on any atom is -0.507 e. The summed E-state index contributed by atoms with van der Waals surface area (Å²) in [6.45, 7) is 1.85. The summed E-state index contributed by atoms with van der Waals surface area (Å²) in [4.78, 5) is 33.8. The van der Waals surface area contributed by atoms with E-state index in [1.165, 1.54) is 6.07 Å². The zero-order valence-corrected chi connectivity index (χ0v) is 14.4. The van der Waals surface area contributed by atoms with Crippen LogP contribution in [0.25, 0.3) is 10.8 Å². The molecule has 0 radical (unpaired) electrons. The molecule has 6 heteroatoms. The summed E-state index contributed by atoms with van der Waals surface area (Å²) in [6, 6.07) is 8.70. The molecule has 0 spiro atoms. The number of phenols is 1. The van der Waals surface area contributed by atoms with Crippen molar-refractivity contribution in [3.8, 4) is 5.75 Å². The number of aromatic hydroxyl groups is 1. The number of aliphatic carboxylic acids is 1. The first kappa shape index (κ1) is 19.2. The molecule has 0 saturated carbocycles. The maximum Gasteiger partial charge on any atom is 0.334 e. The first-order chi connectivity index (χ1) is 12.5. The van der Waals surface area contributed by atoms with Crippen molar-refractivity contribution in [3.63, 3.8) is 0 Å². The highest BCUT2D eigenvalue weighted by Crippen LogP contribution is 2.26. The Labute approximate surface area is 150 Å². The molecule has 0 unspecified atom stereocenters. The van der Waals surface area contributed by atoms with Gasteiger partial charge in [0.05, 0.1) is 18.6 Å². The number of carbonyl (C=O) groups excluding carboxylic acids is 2. The van der Waals surface area contributed by atoms with Crippen molar-refractivity contribution in [2.75, 3.05) is 6.61 Å². The average Bonchev–Trinajstić information content (AvgIpc) is 2.60. The average molecular weight is 356 g/mol. The number of benzene rings is 2. The first-order valence-electron chi connectivity index (χ1n) is 8.24. The second-order valence-electron chi connectivity index (χ2n) is 5.73. The molecule has 0 fully saturated rings. The lowest BCUT2D eigenvalue weighted by Crippen LogP contribution is -2.11. The molecule has 0 bridgehead atoms. The van der Waals surface area contributed by atoms with E-state index in [1.807, 2.05) is 12.1 Å². The van der Waals surface area contributed by atoms with Crippen molar-refractivity contribution in [3.05, 3.63) is 53.1 Å². The third-order valence-electron chi connectivity index (χ3n) is 3.92. The Morgan fingerprint density at radius 3 is 2.62 bits per heavy atom. The number of phenolic OH excluding ortho intramolecular Hbond substituents is 1. The fraction of sp³-hybridized carbons (Fsp3) is 0.250. The van der Waals surface area contributed by atoms with E-state index in [2.05, 4.69) is 0 Å². The van der Waals surface area contributed by atoms with Crippen molar-refractivity contribution in [2.45, 2.75) is 26.2 Å². The molecule has 26 heavy (non-hydrogen) atoms. The normalized spacial score (nSPS) is 11.3. The van der Waals surface area contributed by atoms with Crippen molar-refractivity contribution in [1.29, 1.82) is 0 Å². The lowest BCUT2D eigenvalue weighted by molar-refractivity contribution is -0.142. The molecule has 0 saturated heterocycles. The highest BCUT2D eigenvalue weighted by atomic mass is 16.5. The minimum atomic E-state index is -1.09. The fourth-order valence-electron chi connectivity index (χ4n) is 2.70. The van der Waals surface area contributed by atoms with Crippen LogP contribution in [-0.4, -0.2) is 35.0 Å². The van der Waals surface area contributed by atoms with E-state index in [1.54, 1.807) is 25.1 Å². The summed E-state index contributed by atoms with van der Waals surface area (Å²) in [6.07, 6.45) is 2.90. The quantitative estimate of drug-likeness (QED) is 0.428. The number of hydrogen-bond donors (Lipinski definition) is 2. The summed E-state index contributed by atoms with van der Waals surface area (Å²) in [5.74, 6) is -1.76. The maximum absolute atomic E-state index is 11.8. The van der Waals surface area contributed by atoms with Crippen molar-refractivity contribution < 1.29 is 29.3 Å². The van der Waals surface area contributed by atoms with Gasteiger partial charge >= 0.3 is 11.9 Å². The van der Waals surface area contributed by atoms with Gasteiger partial charge in [-0.1, -0.05) is 30.3 Å². The van der Waals surface area contributed by atoms with Crippen LogP contribution in [0.3, 0.4) is 0 Å². The van der Waals surface area contributed by atoms with E-state index < -0.39 is 11.9 Å². The molecule has 0 aliphatic carbocycles. The Morgan fingerprint density at radius 1 is 1.19 bits per heavy atom. The molecule has 2 N–H and O–H groups in total. The Balaban J connectivity index is 2.17. The van der Waals surface area contributed by atoms with Crippen molar-refractivity contribution >= 4 is 29.0 Å². The van der Waals surface area contributed by atoms with Crippen LogP contribution in [0.15, 0.2) is 42.0 Å². The molecule has 6 nitrogen and oxygen atoms in total. The number of ether oxygens (including phenoxy) is 1. The molecule has 2 rings (SSSR count). The minimum absolute atomic E-state index is 0.0593. The van der Waals surface area contributed by atoms with E-state index in [4.69, 9.17) is 9.84 Å². The second kappa shape index (κ2) is 8.80. The molecule has 0 aromatic heterocycles. The predicted molar refractivity (Wildman–Crippen MR) is 96.3 cm³/mol. The lowest BCUT2D eigenvalue weighted by Gasteiger charge is -2.07. The summed E-state index contributed by atoms with van der Waals surface area (Å²) >= 11 is 0. The highest BCUT2D eigenvalue weighted by molar-refractivity contribution is 6.00. The van der Waals surface area contributed by atoms with Crippen LogP contribution in [0.5, 0.6) is 5.75 Å². The summed E-state index contributed by atoms with van der Waals surface area (Å²) in [7, 11) is 0. The molecule has 0 aliphatic heterocycles. The standard InChI is InChI=1S/C20H20O6/c1-2-26-20(25)15(11-19(23)24)5-3-4-13-6-8-16-14(10-13)7-9-18(22)17(16)12-21/h5-10,12,22H,2-4,11H2,1H3,(H,23,24). The molecule has 2 aromatic rings. The van der Waals surface area contributed by atoms with Gasteiger partial charge in [-0.05, 0) is 42.2 Å². The van der Waals surface area contributed by atoms with Crippen LogP contribution in [0.4, 0.5) is 0 Å². The van der Waals surface area contributed by atoms with Gasteiger partial charge < -0.3 is 14.9 Å². The van der Waals surface area contributed by atoms with E-state index >= 15 is 0 Å². The number of allylic oxidation sites excluding steroid dienone is 1. The number of rotatable bonds is 8. The number of esters is 1. The Morgan fingerprint density at radius 2 is 1.96 bits per heavy atom. The number of carboxylic acid groups (broad SMARTS) is 1. The topological polar surface area (TPSA) is 101 Å². The zero-order chi connectivity index (χ0) is 19.1. The van der Waals surface area contributed by atoms with Crippen LogP contribution in [0.1, 0.15) is 35.7 Å². The number of aryl methyl sites for hydroxylation is 1. The molecular weight excluding hydrogens is 336 g/mol. The molecule has 136 valence electrons. The SMILES string of the molecule is CCOC(=O)C(=CCCc1ccc2c(C=O)c(O)ccc2c1)CC(=O)O. The largest absolute Gasteiger partial charge is 0.507 e. The molecular formula is C20H20O6. The number of aldehydes is 1. The number of hydrogen-bond acceptors (Lipinski definition) is 5. The van der Waals surface area contributed by atoms with Crippen molar-refractivity contribution in [2.24, 2.45) is 0 Å². The molecule has 0 atom stereocenters. The van der Waals surface area contributed by atoms with Crippen LogP contribution in [-0.2, 0) is 20.7 Å². The van der Waals surface area contributed by atoms with Gasteiger partial charge in [-0.25, -0.2) is 4.79 Å². The highest BCUT2D eigenvalue weighted by Gasteiger charge is 2.14. The molecule has 0 aliphatic rings. The maximum atomic E-state index is 11.8. The Kier molecular flexibility index (Phi) is 6.49. The first-order valence-corrected chi connectivity index (χ1v) is 8.24. The summed E-state index contributed by atoms with van der Waals surface area (Å²) < 4.78 is 4.87. The van der Waals surface area contributed by atoms with Gasteiger partial charge in [0.25, 0.3) is 0 Å². The number of fused-ring (bicyclic) bond motifs is 1. The number of carboxylic acids is 1. The van der Waals surface area contributed by atoms with Gasteiger partial charge in [0.15, 0.2) is 6.29 Å². The molecule has 2 aromatic carbocycles. The number of carbonyl (C=O) groups is 3. The Bertz CT molecular complexity index is 866. The van der Waals surface area contributed by atoms with Gasteiger partial charge in [0.2, 0.25) is 0 Å². The molecule has 0 heterocycles. The van der Waals surface area contributed by atoms with E-state index in [-0.39, 0.29) is 29.9 Å². The van der Waals surface area contributed by atoms with E-state index in [9.17, 15) is 19.5 Å². The third kappa shape index (κ3) is 4.69. The van der Waals surface area contributed by atoms with Crippen LogP contribution in [0, 0.1) is 0 Å². The van der Waals surface area contributed by atoms with Crippen molar-refractivity contribution in [1.82, 2.24) is 0 Å². The lowest BCUT2D eigenvalue weighted by atomic mass is 9.99.